The standard InChI is InChI=1S/C19H28N2O/c1-14-7-8-16-15(11-14)20-17(12-18(2,3)4)21(16)13-19(22)9-5-6-10-19/h7-8,11,22H,5-6,9-10,12-13H2,1-4H3. The van der Waals surface area contributed by atoms with Crippen molar-refractivity contribution >= 4 is 11.0 Å². The Balaban J connectivity index is 2.05. The lowest BCUT2D eigenvalue weighted by atomic mass is 9.91. The third-order valence-electron chi connectivity index (χ3n) is 4.66. The van der Waals surface area contributed by atoms with Crippen LogP contribution >= 0.6 is 0 Å². The van der Waals surface area contributed by atoms with Crippen LogP contribution in [-0.4, -0.2) is 20.3 Å². The van der Waals surface area contributed by atoms with E-state index in [0.29, 0.717) is 6.54 Å². The summed E-state index contributed by atoms with van der Waals surface area (Å²) in [5.41, 5.74) is 3.09. The van der Waals surface area contributed by atoms with Crippen LogP contribution in [0.5, 0.6) is 0 Å². The topological polar surface area (TPSA) is 38.0 Å². The molecule has 0 aliphatic heterocycles. The van der Waals surface area contributed by atoms with Crippen LogP contribution in [0.4, 0.5) is 0 Å². The number of fused-ring (bicyclic) bond motifs is 1. The molecule has 1 N–H and O–H groups in total. The second-order valence-corrected chi connectivity index (χ2v) is 8.28. The highest BCUT2D eigenvalue weighted by molar-refractivity contribution is 5.77. The van der Waals surface area contributed by atoms with E-state index in [1.807, 2.05) is 0 Å². The van der Waals surface area contributed by atoms with Crippen LogP contribution in [0, 0.1) is 12.3 Å². The fourth-order valence-corrected chi connectivity index (χ4v) is 3.56. The van der Waals surface area contributed by atoms with Crippen molar-refractivity contribution in [3.8, 4) is 0 Å². The van der Waals surface area contributed by atoms with E-state index >= 15 is 0 Å². The summed E-state index contributed by atoms with van der Waals surface area (Å²) < 4.78 is 2.27. The number of hydrogen-bond donors (Lipinski definition) is 1. The van der Waals surface area contributed by atoms with E-state index in [1.54, 1.807) is 0 Å². The number of benzene rings is 1. The Morgan fingerprint density at radius 2 is 1.91 bits per heavy atom. The Morgan fingerprint density at radius 1 is 1.23 bits per heavy atom. The Bertz CT molecular complexity index is 673. The Kier molecular flexibility index (Phi) is 3.80. The molecule has 0 unspecified atom stereocenters. The average molecular weight is 300 g/mol. The molecule has 1 aliphatic rings. The van der Waals surface area contributed by atoms with Crippen molar-refractivity contribution < 1.29 is 5.11 Å². The number of aliphatic hydroxyl groups is 1. The molecule has 3 heteroatoms. The molecule has 3 rings (SSSR count). The summed E-state index contributed by atoms with van der Waals surface area (Å²) in [5, 5.41) is 10.9. The van der Waals surface area contributed by atoms with Gasteiger partial charge in [0.2, 0.25) is 0 Å². The number of nitrogens with zero attached hydrogens (tertiary/aromatic N) is 2. The number of rotatable bonds is 3. The SMILES string of the molecule is Cc1ccc2c(c1)nc(CC(C)(C)C)n2CC1(O)CCCC1. The predicted octanol–water partition coefficient (Wildman–Crippen LogP) is 4.24. The summed E-state index contributed by atoms with van der Waals surface area (Å²) >= 11 is 0. The zero-order chi connectivity index (χ0) is 16.0. The molecule has 0 bridgehead atoms. The maximum absolute atomic E-state index is 10.9. The van der Waals surface area contributed by atoms with E-state index in [-0.39, 0.29) is 5.41 Å². The molecule has 0 atom stereocenters. The highest BCUT2D eigenvalue weighted by Gasteiger charge is 2.33. The molecule has 1 aromatic heterocycles. The van der Waals surface area contributed by atoms with Gasteiger partial charge in [0.1, 0.15) is 5.82 Å². The van der Waals surface area contributed by atoms with E-state index < -0.39 is 5.60 Å². The van der Waals surface area contributed by atoms with Gasteiger partial charge in [0.25, 0.3) is 0 Å². The molecule has 120 valence electrons. The summed E-state index contributed by atoms with van der Waals surface area (Å²) in [6.45, 7) is 9.51. The molecule has 22 heavy (non-hydrogen) atoms. The second-order valence-electron chi connectivity index (χ2n) is 8.28. The third-order valence-corrected chi connectivity index (χ3v) is 4.66. The van der Waals surface area contributed by atoms with Gasteiger partial charge in [-0.05, 0) is 42.9 Å². The quantitative estimate of drug-likeness (QED) is 0.920. The Morgan fingerprint density at radius 3 is 2.55 bits per heavy atom. The largest absolute Gasteiger partial charge is 0.388 e. The maximum atomic E-state index is 10.9. The van der Waals surface area contributed by atoms with Crippen molar-refractivity contribution in [3.63, 3.8) is 0 Å². The van der Waals surface area contributed by atoms with Gasteiger partial charge in [-0.15, -0.1) is 0 Å². The molecular formula is C19H28N2O. The molecule has 3 nitrogen and oxygen atoms in total. The number of imidazole rings is 1. The normalized spacial score (nSPS) is 18.2. The summed E-state index contributed by atoms with van der Waals surface area (Å²) in [6.07, 6.45) is 5.02. The van der Waals surface area contributed by atoms with Crippen LogP contribution < -0.4 is 0 Å². The molecular weight excluding hydrogens is 272 g/mol. The van der Waals surface area contributed by atoms with Crippen LogP contribution in [0.1, 0.15) is 57.8 Å². The minimum absolute atomic E-state index is 0.187. The fraction of sp³-hybridized carbons (Fsp3) is 0.632. The molecule has 1 aromatic carbocycles. The molecule has 0 spiro atoms. The van der Waals surface area contributed by atoms with Gasteiger partial charge in [-0.2, -0.15) is 0 Å². The van der Waals surface area contributed by atoms with Crippen LogP contribution in [-0.2, 0) is 13.0 Å². The average Bonchev–Trinajstić information content (AvgIpc) is 2.93. The fourth-order valence-electron chi connectivity index (χ4n) is 3.56. The van der Waals surface area contributed by atoms with E-state index in [4.69, 9.17) is 4.98 Å². The van der Waals surface area contributed by atoms with Gasteiger partial charge < -0.3 is 9.67 Å². The van der Waals surface area contributed by atoms with Gasteiger partial charge in [-0.3, -0.25) is 0 Å². The number of hydrogen-bond acceptors (Lipinski definition) is 2. The summed E-state index contributed by atoms with van der Waals surface area (Å²) in [6, 6.07) is 6.44. The van der Waals surface area contributed by atoms with Crippen molar-refractivity contribution in [2.45, 2.75) is 71.9 Å². The van der Waals surface area contributed by atoms with E-state index in [0.717, 1.165) is 49.0 Å². The third kappa shape index (κ3) is 3.19. The molecule has 0 radical (unpaired) electrons. The lowest BCUT2D eigenvalue weighted by Crippen LogP contribution is -2.31. The minimum atomic E-state index is -0.550. The molecule has 1 fully saturated rings. The smallest absolute Gasteiger partial charge is 0.110 e. The van der Waals surface area contributed by atoms with Crippen molar-refractivity contribution in [2.24, 2.45) is 5.41 Å². The van der Waals surface area contributed by atoms with Crippen molar-refractivity contribution in [2.75, 3.05) is 0 Å². The number of aromatic nitrogens is 2. The van der Waals surface area contributed by atoms with E-state index in [9.17, 15) is 5.11 Å². The first-order valence-corrected chi connectivity index (χ1v) is 8.44. The Hall–Kier alpha value is -1.35. The van der Waals surface area contributed by atoms with Crippen molar-refractivity contribution in [1.82, 2.24) is 9.55 Å². The summed E-state index contributed by atoms with van der Waals surface area (Å²) in [7, 11) is 0. The van der Waals surface area contributed by atoms with E-state index in [2.05, 4.69) is 50.5 Å². The lowest BCUT2D eigenvalue weighted by Gasteiger charge is -2.26. The molecule has 1 heterocycles. The van der Waals surface area contributed by atoms with Crippen LogP contribution in [0.15, 0.2) is 18.2 Å². The van der Waals surface area contributed by atoms with Crippen LogP contribution in [0.25, 0.3) is 11.0 Å². The van der Waals surface area contributed by atoms with Crippen LogP contribution in [0.2, 0.25) is 0 Å². The second kappa shape index (κ2) is 5.38. The lowest BCUT2D eigenvalue weighted by molar-refractivity contribution is 0.0299. The van der Waals surface area contributed by atoms with E-state index in [1.165, 1.54) is 5.56 Å². The maximum Gasteiger partial charge on any atom is 0.110 e. The first-order valence-electron chi connectivity index (χ1n) is 8.44. The molecule has 0 amide bonds. The van der Waals surface area contributed by atoms with Gasteiger partial charge in [0.15, 0.2) is 0 Å². The first kappa shape index (κ1) is 15.5. The zero-order valence-corrected chi connectivity index (χ0v) is 14.3. The molecule has 0 saturated heterocycles. The first-order chi connectivity index (χ1) is 10.3. The van der Waals surface area contributed by atoms with Gasteiger partial charge in [0.05, 0.1) is 23.2 Å². The number of aryl methyl sites for hydroxylation is 1. The highest BCUT2D eigenvalue weighted by Crippen LogP contribution is 2.33. The highest BCUT2D eigenvalue weighted by atomic mass is 16.3. The van der Waals surface area contributed by atoms with Gasteiger partial charge in [-0.25, -0.2) is 4.98 Å². The Labute approximate surface area is 133 Å². The summed E-state index contributed by atoms with van der Waals surface area (Å²) in [4.78, 5) is 4.88. The summed E-state index contributed by atoms with van der Waals surface area (Å²) in [5.74, 6) is 1.11. The van der Waals surface area contributed by atoms with Crippen LogP contribution in [0.3, 0.4) is 0 Å². The predicted molar refractivity (Wildman–Crippen MR) is 91.0 cm³/mol. The molecule has 1 saturated carbocycles. The zero-order valence-electron chi connectivity index (χ0n) is 14.3. The van der Waals surface area contributed by atoms with Gasteiger partial charge in [0, 0.05) is 6.42 Å². The molecule has 1 aliphatic carbocycles. The van der Waals surface area contributed by atoms with Gasteiger partial charge in [-0.1, -0.05) is 39.7 Å². The van der Waals surface area contributed by atoms with Crippen molar-refractivity contribution in [3.05, 3.63) is 29.6 Å². The van der Waals surface area contributed by atoms with Crippen molar-refractivity contribution in [1.29, 1.82) is 0 Å². The minimum Gasteiger partial charge on any atom is -0.388 e. The monoisotopic (exact) mass is 300 g/mol. The molecule has 2 aromatic rings. The van der Waals surface area contributed by atoms with Gasteiger partial charge >= 0.3 is 0 Å².